The first-order valence-electron chi connectivity index (χ1n) is 7.96. The molecular weight excluding hydrogens is 338 g/mol. The van der Waals surface area contributed by atoms with E-state index in [0.29, 0.717) is 24.1 Å². The highest BCUT2D eigenvalue weighted by atomic mass is 35.5. The van der Waals surface area contributed by atoms with Gasteiger partial charge in [-0.3, -0.25) is 9.59 Å². The lowest BCUT2D eigenvalue weighted by molar-refractivity contribution is 0.0953. The van der Waals surface area contributed by atoms with E-state index >= 15 is 0 Å². The van der Waals surface area contributed by atoms with Crippen LogP contribution >= 0.6 is 12.4 Å². The lowest BCUT2D eigenvalue weighted by Gasteiger charge is -2.17. The summed E-state index contributed by atoms with van der Waals surface area (Å²) in [5.74, 6) is -0.362. The number of hydrogen-bond donors (Lipinski definition) is 2. The van der Waals surface area contributed by atoms with Crippen LogP contribution in [0.3, 0.4) is 0 Å². The molecule has 2 aromatic rings. The lowest BCUT2D eigenvalue weighted by atomic mass is 10.1. The molecule has 5 nitrogen and oxygen atoms in total. The van der Waals surface area contributed by atoms with Crippen molar-refractivity contribution in [3.05, 3.63) is 65.7 Å². The predicted molar refractivity (Wildman–Crippen MR) is 103 cm³/mol. The Hall–Kier alpha value is -2.37. The molecule has 2 rings (SSSR count). The Labute approximate surface area is 154 Å². The smallest absolute Gasteiger partial charge is 0.258 e. The quantitative estimate of drug-likeness (QED) is 0.830. The van der Waals surface area contributed by atoms with E-state index in [4.69, 9.17) is 5.73 Å². The Morgan fingerprint density at radius 1 is 1.08 bits per heavy atom. The van der Waals surface area contributed by atoms with E-state index in [-0.39, 0.29) is 30.3 Å². The second kappa shape index (κ2) is 9.81. The molecule has 0 spiro atoms. The third-order valence-electron chi connectivity index (χ3n) is 3.71. The Morgan fingerprint density at radius 3 is 2.36 bits per heavy atom. The maximum absolute atomic E-state index is 12.6. The van der Waals surface area contributed by atoms with Crippen molar-refractivity contribution in [3.63, 3.8) is 0 Å². The van der Waals surface area contributed by atoms with Gasteiger partial charge in [0.05, 0.1) is 0 Å². The molecule has 3 N–H and O–H groups in total. The molecule has 0 saturated heterocycles. The first-order valence-corrected chi connectivity index (χ1v) is 7.96. The molecule has 2 aromatic carbocycles. The van der Waals surface area contributed by atoms with Gasteiger partial charge in [-0.2, -0.15) is 0 Å². The number of anilines is 1. The van der Waals surface area contributed by atoms with E-state index in [2.05, 4.69) is 5.32 Å². The molecule has 0 bridgehead atoms. The van der Waals surface area contributed by atoms with Crippen LogP contribution in [0.25, 0.3) is 0 Å². The topological polar surface area (TPSA) is 75.4 Å². The molecule has 0 aliphatic carbocycles. The number of benzene rings is 2. The second-order valence-electron chi connectivity index (χ2n) is 5.80. The highest BCUT2D eigenvalue weighted by Crippen LogP contribution is 2.15. The summed E-state index contributed by atoms with van der Waals surface area (Å²) in [7, 11) is 1.72. The molecular formula is C19H24ClN3O2. The van der Waals surface area contributed by atoms with Crippen molar-refractivity contribution in [2.24, 2.45) is 5.73 Å². The SMILES string of the molecule is CC(N)CCNC(=O)c1cccc(C(=O)N(C)c2ccccc2)c1.Cl. The van der Waals surface area contributed by atoms with Gasteiger partial charge in [0, 0.05) is 36.4 Å². The van der Waals surface area contributed by atoms with E-state index in [9.17, 15) is 9.59 Å². The van der Waals surface area contributed by atoms with Crippen molar-refractivity contribution in [3.8, 4) is 0 Å². The number of halogens is 1. The van der Waals surface area contributed by atoms with Gasteiger partial charge in [0.15, 0.2) is 0 Å². The number of carbonyl (C=O) groups excluding carboxylic acids is 2. The minimum absolute atomic E-state index is 0. The minimum Gasteiger partial charge on any atom is -0.352 e. The molecule has 0 heterocycles. The van der Waals surface area contributed by atoms with Gasteiger partial charge in [-0.05, 0) is 43.7 Å². The largest absolute Gasteiger partial charge is 0.352 e. The van der Waals surface area contributed by atoms with E-state index in [0.717, 1.165) is 5.69 Å². The van der Waals surface area contributed by atoms with E-state index < -0.39 is 0 Å². The highest BCUT2D eigenvalue weighted by Gasteiger charge is 2.15. The number of hydrogen-bond acceptors (Lipinski definition) is 3. The van der Waals surface area contributed by atoms with Crippen LogP contribution in [0.5, 0.6) is 0 Å². The molecule has 25 heavy (non-hydrogen) atoms. The number of para-hydroxylation sites is 1. The van der Waals surface area contributed by atoms with Gasteiger partial charge in [0.2, 0.25) is 0 Å². The zero-order valence-electron chi connectivity index (χ0n) is 14.4. The Kier molecular flexibility index (Phi) is 8.11. The van der Waals surface area contributed by atoms with E-state index in [1.165, 1.54) is 0 Å². The zero-order valence-corrected chi connectivity index (χ0v) is 15.3. The molecule has 0 aromatic heterocycles. The molecule has 0 aliphatic rings. The van der Waals surface area contributed by atoms with Gasteiger partial charge in [0.1, 0.15) is 0 Å². The third-order valence-corrected chi connectivity index (χ3v) is 3.71. The van der Waals surface area contributed by atoms with Crippen LogP contribution in [0, 0.1) is 0 Å². The van der Waals surface area contributed by atoms with E-state index in [1.807, 2.05) is 37.3 Å². The van der Waals surface area contributed by atoms with Crippen molar-refractivity contribution in [2.45, 2.75) is 19.4 Å². The monoisotopic (exact) mass is 361 g/mol. The van der Waals surface area contributed by atoms with E-state index in [1.54, 1.807) is 36.2 Å². The van der Waals surface area contributed by atoms with Gasteiger partial charge in [-0.1, -0.05) is 24.3 Å². The molecule has 1 atom stereocenters. The minimum atomic E-state index is -0.201. The van der Waals surface area contributed by atoms with Crippen LogP contribution in [0.4, 0.5) is 5.69 Å². The lowest BCUT2D eigenvalue weighted by Crippen LogP contribution is -2.29. The first kappa shape index (κ1) is 20.7. The number of nitrogens with one attached hydrogen (secondary N) is 1. The molecule has 0 fully saturated rings. The summed E-state index contributed by atoms with van der Waals surface area (Å²) in [4.78, 5) is 26.3. The van der Waals surface area contributed by atoms with Crippen molar-refractivity contribution in [1.82, 2.24) is 5.32 Å². The zero-order chi connectivity index (χ0) is 17.5. The Morgan fingerprint density at radius 2 is 1.72 bits per heavy atom. The van der Waals surface area contributed by atoms with Crippen molar-refractivity contribution < 1.29 is 9.59 Å². The fourth-order valence-corrected chi connectivity index (χ4v) is 2.27. The first-order chi connectivity index (χ1) is 11.5. The predicted octanol–water partition coefficient (Wildman–Crippen LogP) is 2.85. The molecule has 6 heteroatoms. The van der Waals surface area contributed by atoms with Gasteiger partial charge >= 0.3 is 0 Å². The molecule has 134 valence electrons. The van der Waals surface area contributed by atoms with Crippen LogP contribution in [-0.2, 0) is 0 Å². The second-order valence-corrected chi connectivity index (χ2v) is 5.80. The van der Waals surface area contributed by atoms with Crippen molar-refractivity contribution in [2.75, 3.05) is 18.5 Å². The normalized spacial score (nSPS) is 11.2. The van der Waals surface area contributed by atoms with Gasteiger partial charge < -0.3 is 16.0 Å². The summed E-state index contributed by atoms with van der Waals surface area (Å²) in [6, 6.07) is 16.1. The molecule has 1 unspecified atom stereocenters. The molecule has 0 saturated carbocycles. The van der Waals surface area contributed by atoms with Gasteiger partial charge in [-0.15, -0.1) is 12.4 Å². The summed E-state index contributed by atoms with van der Waals surface area (Å²) >= 11 is 0. The van der Waals surface area contributed by atoms with Crippen LogP contribution < -0.4 is 16.0 Å². The highest BCUT2D eigenvalue weighted by molar-refractivity contribution is 6.07. The van der Waals surface area contributed by atoms with Crippen LogP contribution in [0.2, 0.25) is 0 Å². The third kappa shape index (κ3) is 5.89. The number of nitrogens with zero attached hydrogens (tertiary/aromatic N) is 1. The number of amides is 2. The number of nitrogens with two attached hydrogens (primary N) is 1. The average molecular weight is 362 g/mol. The Balaban J connectivity index is 0.00000312. The van der Waals surface area contributed by atoms with Crippen molar-refractivity contribution >= 4 is 29.9 Å². The van der Waals surface area contributed by atoms with Crippen LogP contribution in [0.1, 0.15) is 34.1 Å². The fourth-order valence-electron chi connectivity index (χ4n) is 2.27. The van der Waals surface area contributed by atoms with Gasteiger partial charge in [0.25, 0.3) is 11.8 Å². The summed E-state index contributed by atoms with van der Waals surface area (Å²) in [5.41, 5.74) is 7.41. The maximum atomic E-state index is 12.6. The summed E-state index contributed by atoms with van der Waals surface area (Å²) < 4.78 is 0. The Bertz CT molecular complexity index is 705. The summed E-state index contributed by atoms with van der Waals surface area (Å²) in [6.07, 6.45) is 0.709. The van der Waals surface area contributed by atoms with Crippen LogP contribution in [-0.4, -0.2) is 31.4 Å². The summed E-state index contributed by atoms with van der Waals surface area (Å²) in [5, 5.41) is 2.81. The molecule has 0 radical (unpaired) electrons. The average Bonchev–Trinajstić information content (AvgIpc) is 2.61. The van der Waals surface area contributed by atoms with Crippen molar-refractivity contribution in [1.29, 1.82) is 0 Å². The fraction of sp³-hybridized carbons (Fsp3) is 0.263. The number of rotatable bonds is 6. The standard InChI is InChI=1S/C19H23N3O2.ClH/c1-14(20)11-12-21-18(23)15-7-6-8-16(13-15)19(24)22(2)17-9-4-3-5-10-17;/h3-10,13-14H,11-12,20H2,1-2H3,(H,21,23);1H. The summed E-state index contributed by atoms with van der Waals surface area (Å²) in [6.45, 7) is 2.41. The number of carbonyl (C=O) groups is 2. The van der Waals surface area contributed by atoms with Gasteiger partial charge in [-0.25, -0.2) is 0 Å². The molecule has 0 aliphatic heterocycles. The maximum Gasteiger partial charge on any atom is 0.258 e. The molecule has 2 amide bonds. The van der Waals surface area contributed by atoms with Crippen LogP contribution in [0.15, 0.2) is 54.6 Å².